The van der Waals surface area contributed by atoms with Crippen LogP contribution in [0.2, 0.25) is 0 Å². The van der Waals surface area contributed by atoms with Gasteiger partial charge in [0, 0.05) is 17.5 Å². The lowest BCUT2D eigenvalue weighted by molar-refractivity contribution is -0.178. The van der Waals surface area contributed by atoms with Crippen LogP contribution in [0.1, 0.15) is 41.8 Å². The first kappa shape index (κ1) is 23.4. The molecule has 0 aliphatic carbocycles. The van der Waals surface area contributed by atoms with Crippen molar-refractivity contribution in [1.82, 2.24) is 4.90 Å². The second kappa shape index (κ2) is 8.87. The van der Waals surface area contributed by atoms with Crippen LogP contribution in [0, 0.1) is 0 Å². The first-order valence-corrected chi connectivity index (χ1v) is 11.1. The summed E-state index contributed by atoms with van der Waals surface area (Å²) in [4.78, 5) is 54.1. The average Bonchev–Trinajstić information content (AvgIpc) is 3.26. The summed E-state index contributed by atoms with van der Waals surface area (Å²) in [6, 6.07) is 15.5. The molecule has 2 aliphatic heterocycles. The number of aliphatic hydroxyl groups is 1. The number of hydrogen-bond acceptors (Lipinski definition) is 7. The van der Waals surface area contributed by atoms with Crippen molar-refractivity contribution >= 4 is 23.6 Å². The maximum Gasteiger partial charge on any atom is 0.348 e. The molecule has 0 bridgehead atoms. The van der Waals surface area contributed by atoms with Gasteiger partial charge in [-0.05, 0) is 38.0 Å². The van der Waals surface area contributed by atoms with E-state index in [1.165, 1.54) is 12.1 Å². The van der Waals surface area contributed by atoms with E-state index in [9.17, 15) is 24.3 Å². The predicted octanol–water partition coefficient (Wildman–Crippen LogP) is 2.29. The Balaban J connectivity index is 1.87. The van der Waals surface area contributed by atoms with Crippen LogP contribution in [0.3, 0.4) is 0 Å². The molecular weight excluding hydrogens is 438 g/mol. The number of carbonyl (C=O) groups is 4. The molecule has 1 atom stereocenters. The molecule has 0 radical (unpaired) electrons. The van der Waals surface area contributed by atoms with Crippen molar-refractivity contribution in [3.63, 3.8) is 0 Å². The third-order valence-corrected chi connectivity index (χ3v) is 6.10. The van der Waals surface area contributed by atoms with E-state index in [-0.39, 0.29) is 36.3 Å². The van der Waals surface area contributed by atoms with Gasteiger partial charge in [-0.1, -0.05) is 48.5 Å². The number of ether oxygens (including phenoxy) is 2. The van der Waals surface area contributed by atoms with E-state index in [2.05, 4.69) is 0 Å². The Kier molecular flexibility index (Phi) is 6.10. The molecule has 1 unspecified atom stereocenters. The third-order valence-electron chi connectivity index (χ3n) is 6.10. The summed E-state index contributed by atoms with van der Waals surface area (Å²) >= 11 is 0. The van der Waals surface area contributed by atoms with E-state index in [1.807, 2.05) is 30.3 Å². The number of ketones is 1. The summed E-state index contributed by atoms with van der Waals surface area (Å²) in [6.45, 7) is 2.93. The fourth-order valence-electron chi connectivity index (χ4n) is 4.59. The zero-order valence-corrected chi connectivity index (χ0v) is 18.9. The fourth-order valence-corrected chi connectivity index (χ4v) is 4.59. The number of hydrogen-bond donors (Lipinski definition) is 1. The first-order chi connectivity index (χ1) is 16.3. The smallest absolute Gasteiger partial charge is 0.348 e. The summed E-state index contributed by atoms with van der Waals surface area (Å²) in [6.07, 6.45) is 1.41. The maximum atomic E-state index is 13.5. The summed E-state index contributed by atoms with van der Waals surface area (Å²) in [5.41, 5.74) is -3.87. The zero-order valence-electron chi connectivity index (χ0n) is 18.9. The fraction of sp³-hybridized carbons (Fsp3) is 0.308. The van der Waals surface area contributed by atoms with Gasteiger partial charge in [0.25, 0.3) is 11.4 Å². The number of carbonyl (C=O) groups excluding carboxylic acids is 4. The van der Waals surface area contributed by atoms with Crippen molar-refractivity contribution in [3.05, 3.63) is 82.9 Å². The first-order valence-electron chi connectivity index (χ1n) is 11.1. The lowest BCUT2D eigenvalue weighted by Gasteiger charge is -2.37. The van der Waals surface area contributed by atoms with Gasteiger partial charge >= 0.3 is 11.9 Å². The molecule has 8 nitrogen and oxygen atoms in total. The van der Waals surface area contributed by atoms with Crippen molar-refractivity contribution in [2.24, 2.45) is 0 Å². The molecule has 4 rings (SSSR count). The lowest BCUT2D eigenvalue weighted by Crippen LogP contribution is -2.62. The van der Waals surface area contributed by atoms with Crippen LogP contribution < -0.4 is 0 Å². The minimum Gasteiger partial charge on any atom is -0.464 e. The molecule has 1 amide bonds. The third kappa shape index (κ3) is 3.33. The molecule has 0 aromatic heterocycles. The molecule has 0 saturated carbocycles. The van der Waals surface area contributed by atoms with Crippen LogP contribution in [0.5, 0.6) is 0 Å². The van der Waals surface area contributed by atoms with Crippen molar-refractivity contribution in [3.8, 4) is 0 Å². The Morgan fingerprint density at radius 2 is 1.50 bits per heavy atom. The Labute approximate surface area is 196 Å². The molecule has 0 fully saturated rings. The van der Waals surface area contributed by atoms with Gasteiger partial charge in [-0.2, -0.15) is 0 Å². The van der Waals surface area contributed by atoms with Crippen LogP contribution >= 0.6 is 0 Å². The number of benzene rings is 2. The van der Waals surface area contributed by atoms with Crippen LogP contribution in [-0.2, 0) is 36.0 Å². The van der Waals surface area contributed by atoms with Gasteiger partial charge in [0.15, 0.2) is 11.5 Å². The maximum absolute atomic E-state index is 13.5. The number of aryl methyl sites for hydroxylation is 1. The molecule has 0 saturated heterocycles. The Hall–Kier alpha value is -3.78. The molecule has 1 N–H and O–H groups in total. The second-order valence-corrected chi connectivity index (χ2v) is 8.03. The number of esters is 2. The highest BCUT2D eigenvalue weighted by molar-refractivity contribution is 6.18. The number of fused-ring (bicyclic) bond motifs is 3. The Morgan fingerprint density at radius 1 is 0.912 bits per heavy atom. The number of nitrogens with zero attached hydrogens (tertiary/aromatic N) is 1. The van der Waals surface area contributed by atoms with E-state index >= 15 is 0 Å². The lowest BCUT2D eigenvalue weighted by atomic mass is 9.89. The number of amides is 1. The van der Waals surface area contributed by atoms with Crippen LogP contribution in [0.4, 0.5) is 0 Å². The van der Waals surface area contributed by atoms with E-state index in [4.69, 9.17) is 9.47 Å². The molecule has 8 heteroatoms. The standard InChI is InChI=1S/C26H25NO7/c1-3-33-23(30)25(24(31)34-4-2)16-20(21(28)15-14-17-10-6-5-7-11-17)26(32)19-13-9-8-12-18(19)22(29)27(25)26/h5-13,16,32H,3-4,14-15H2,1-2H3. The van der Waals surface area contributed by atoms with Gasteiger partial charge < -0.3 is 14.6 Å². The summed E-state index contributed by atoms with van der Waals surface area (Å²) in [7, 11) is 0. The second-order valence-electron chi connectivity index (χ2n) is 8.03. The molecule has 176 valence electrons. The van der Waals surface area contributed by atoms with Gasteiger partial charge in [0.1, 0.15) is 0 Å². The Morgan fingerprint density at radius 3 is 2.12 bits per heavy atom. The normalized spacial score (nSPS) is 19.8. The molecule has 2 aliphatic rings. The highest BCUT2D eigenvalue weighted by Crippen LogP contribution is 2.53. The van der Waals surface area contributed by atoms with E-state index in [0.717, 1.165) is 16.5 Å². The van der Waals surface area contributed by atoms with E-state index in [1.54, 1.807) is 26.0 Å². The summed E-state index contributed by atoms with van der Waals surface area (Å²) < 4.78 is 10.3. The topological polar surface area (TPSA) is 110 Å². The van der Waals surface area contributed by atoms with Crippen molar-refractivity contribution in [1.29, 1.82) is 0 Å². The monoisotopic (exact) mass is 463 g/mol. The minimum atomic E-state index is -2.44. The average molecular weight is 463 g/mol. The molecule has 0 spiro atoms. The van der Waals surface area contributed by atoms with Gasteiger partial charge in [-0.25, -0.2) is 9.59 Å². The molecular formula is C26H25NO7. The van der Waals surface area contributed by atoms with Crippen LogP contribution in [0.25, 0.3) is 0 Å². The van der Waals surface area contributed by atoms with Crippen molar-refractivity contribution in [2.75, 3.05) is 13.2 Å². The minimum absolute atomic E-state index is 0.00984. The number of rotatable bonds is 8. The number of Topliss-reactive ketones (excluding diaryl/α,β-unsaturated/α-hetero) is 1. The van der Waals surface area contributed by atoms with E-state index in [0.29, 0.717) is 6.42 Å². The van der Waals surface area contributed by atoms with Crippen molar-refractivity contribution in [2.45, 2.75) is 38.0 Å². The quantitative estimate of drug-likeness (QED) is 0.472. The summed E-state index contributed by atoms with van der Waals surface area (Å²) in [5.74, 6) is -3.48. The van der Waals surface area contributed by atoms with Gasteiger partial charge in [0.05, 0.1) is 18.8 Å². The molecule has 2 heterocycles. The molecule has 34 heavy (non-hydrogen) atoms. The van der Waals surface area contributed by atoms with Gasteiger partial charge in [-0.15, -0.1) is 0 Å². The summed E-state index contributed by atoms with van der Waals surface area (Å²) in [5, 5.41) is 12.0. The van der Waals surface area contributed by atoms with Crippen LogP contribution in [-0.4, -0.2) is 52.4 Å². The van der Waals surface area contributed by atoms with Crippen molar-refractivity contribution < 1.29 is 33.8 Å². The Bertz CT molecular complexity index is 1170. The highest BCUT2D eigenvalue weighted by atomic mass is 16.6. The van der Waals surface area contributed by atoms with Gasteiger partial charge in [0.2, 0.25) is 0 Å². The highest BCUT2D eigenvalue weighted by Gasteiger charge is 2.71. The van der Waals surface area contributed by atoms with Gasteiger partial charge in [-0.3, -0.25) is 14.5 Å². The van der Waals surface area contributed by atoms with E-state index < -0.39 is 34.9 Å². The molecule has 2 aromatic rings. The van der Waals surface area contributed by atoms with Crippen LogP contribution in [0.15, 0.2) is 66.2 Å². The molecule has 2 aromatic carbocycles. The largest absolute Gasteiger partial charge is 0.464 e. The predicted molar refractivity (Wildman–Crippen MR) is 120 cm³/mol. The zero-order chi connectivity index (χ0) is 24.5. The SMILES string of the molecule is CCOC(=O)C1(C(=O)OCC)C=C(C(=O)CCc2ccccc2)C2(O)c3ccccc3C(=O)N12.